The molecule has 0 radical (unpaired) electrons. The van der Waals surface area contributed by atoms with Gasteiger partial charge in [-0.25, -0.2) is 4.99 Å². The molecule has 0 bridgehead atoms. The first kappa shape index (κ1) is 21.8. The fraction of sp³-hybridized carbons (Fsp3) is 0.304. The molecule has 1 aliphatic rings. The van der Waals surface area contributed by atoms with Crippen molar-refractivity contribution in [3.05, 3.63) is 52.9 Å². The summed E-state index contributed by atoms with van der Waals surface area (Å²) in [6, 6.07) is 13.1. The number of hydrogen-bond acceptors (Lipinski definition) is 6. The summed E-state index contributed by atoms with van der Waals surface area (Å²) in [7, 11) is 1.63. The van der Waals surface area contributed by atoms with Crippen molar-refractivity contribution in [1.29, 1.82) is 0 Å². The number of likely N-dealkylation sites (N-methyl/N-ethyl adjacent to an activating group) is 1. The Morgan fingerprint density at radius 1 is 1.00 bits per heavy atom. The van der Waals surface area contributed by atoms with E-state index in [1.807, 2.05) is 69.3 Å². The molecule has 2 aromatic carbocycles. The highest BCUT2D eigenvalue weighted by Gasteiger charge is 2.32. The Kier molecular flexibility index (Phi) is 7.41. The largest absolute Gasteiger partial charge is 0.497 e. The monoisotopic (exact) mass is 426 g/mol. The SMILES string of the molecule is CCOc1ccc(/C=C2/SC(=Nc3ccc(OC)cc3)N(CC)C2=O)cc1OCC. The predicted octanol–water partition coefficient (Wildman–Crippen LogP) is 5.12. The number of ether oxygens (including phenoxy) is 3. The van der Waals surface area contributed by atoms with Gasteiger partial charge in [-0.2, -0.15) is 0 Å². The van der Waals surface area contributed by atoms with Gasteiger partial charge in [0.15, 0.2) is 16.7 Å². The maximum Gasteiger partial charge on any atom is 0.266 e. The molecule has 0 aromatic heterocycles. The second-order valence-corrected chi connectivity index (χ2v) is 7.33. The van der Waals surface area contributed by atoms with E-state index in [1.54, 1.807) is 12.0 Å². The molecule has 0 atom stereocenters. The molecule has 0 unspecified atom stereocenters. The second kappa shape index (κ2) is 10.2. The van der Waals surface area contributed by atoms with E-state index in [0.717, 1.165) is 17.0 Å². The third-order valence-electron chi connectivity index (χ3n) is 4.37. The summed E-state index contributed by atoms with van der Waals surface area (Å²) in [5, 5.41) is 0.662. The Morgan fingerprint density at radius 2 is 1.70 bits per heavy atom. The van der Waals surface area contributed by atoms with Gasteiger partial charge in [0, 0.05) is 6.54 Å². The van der Waals surface area contributed by atoms with Crippen molar-refractivity contribution in [2.75, 3.05) is 26.9 Å². The lowest BCUT2D eigenvalue weighted by atomic mass is 10.2. The summed E-state index contributed by atoms with van der Waals surface area (Å²) in [6.45, 7) is 7.45. The Morgan fingerprint density at radius 3 is 2.33 bits per heavy atom. The number of carbonyl (C=O) groups excluding carboxylic acids is 1. The molecule has 0 N–H and O–H groups in total. The molecular formula is C23H26N2O4S. The number of amides is 1. The van der Waals surface area contributed by atoms with Crippen LogP contribution < -0.4 is 14.2 Å². The number of carbonyl (C=O) groups is 1. The fourth-order valence-electron chi connectivity index (χ4n) is 2.95. The molecule has 1 aliphatic heterocycles. The molecule has 1 fully saturated rings. The second-order valence-electron chi connectivity index (χ2n) is 6.32. The standard InChI is InChI=1S/C23H26N2O4S/c1-5-25-22(26)21(30-23(25)24-17-9-11-18(27-4)12-10-17)15-16-8-13-19(28-6-2)20(14-16)29-7-3/h8-15H,5-7H2,1-4H3/b21-15+,24-23?. The van der Waals surface area contributed by atoms with Gasteiger partial charge in [0.2, 0.25) is 0 Å². The van der Waals surface area contributed by atoms with Crippen LogP contribution in [0.3, 0.4) is 0 Å². The van der Waals surface area contributed by atoms with E-state index in [0.29, 0.717) is 41.3 Å². The zero-order valence-electron chi connectivity index (χ0n) is 17.7. The van der Waals surface area contributed by atoms with Crippen LogP contribution in [-0.2, 0) is 4.79 Å². The molecule has 3 rings (SSSR count). The van der Waals surface area contributed by atoms with Gasteiger partial charge in [-0.05, 0) is 80.6 Å². The van der Waals surface area contributed by atoms with Gasteiger partial charge >= 0.3 is 0 Å². The Balaban J connectivity index is 1.89. The number of benzene rings is 2. The topological polar surface area (TPSA) is 60.4 Å². The van der Waals surface area contributed by atoms with Gasteiger partial charge < -0.3 is 14.2 Å². The van der Waals surface area contributed by atoms with Gasteiger partial charge in [-0.1, -0.05) is 6.07 Å². The van der Waals surface area contributed by atoms with Gasteiger partial charge in [0.05, 0.1) is 30.9 Å². The molecular weight excluding hydrogens is 400 g/mol. The van der Waals surface area contributed by atoms with Gasteiger partial charge in [-0.3, -0.25) is 9.69 Å². The van der Waals surface area contributed by atoms with Crippen LogP contribution in [-0.4, -0.2) is 42.8 Å². The normalized spacial score (nSPS) is 16.4. The van der Waals surface area contributed by atoms with Crippen LogP contribution in [0.1, 0.15) is 26.3 Å². The maximum atomic E-state index is 12.9. The van der Waals surface area contributed by atoms with Crippen LogP contribution in [0.25, 0.3) is 6.08 Å². The molecule has 2 aromatic rings. The number of aliphatic imine (C=N–C) groups is 1. The molecule has 1 saturated heterocycles. The van der Waals surface area contributed by atoms with Crippen molar-refractivity contribution in [1.82, 2.24) is 4.90 Å². The smallest absolute Gasteiger partial charge is 0.266 e. The molecule has 0 saturated carbocycles. The van der Waals surface area contributed by atoms with Crippen LogP contribution in [0.15, 0.2) is 52.4 Å². The van der Waals surface area contributed by atoms with Gasteiger partial charge in [0.25, 0.3) is 5.91 Å². The lowest BCUT2D eigenvalue weighted by molar-refractivity contribution is -0.122. The van der Waals surface area contributed by atoms with Crippen LogP contribution in [0.4, 0.5) is 5.69 Å². The summed E-state index contributed by atoms with van der Waals surface area (Å²) in [6.07, 6.45) is 1.87. The Hall–Kier alpha value is -2.93. The van der Waals surface area contributed by atoms with E-state index < -0.39 is 0 Å². The zero-order valence-corrected chi connectivity index (χ0v) is 18.5. The number of nitrogens with zero attached hydrogens (tertiary/aromatic N) is 2. The van der Waals surface area contributed by atoms with E-state index in [-0.39, 0.29) is 5.91 Å². The molecule has 0 spiro atoms. The highest BCUT2D eigenvalue weighted by molar-refractivity contribution is 8.18. The van der Waals surface area contributed by atoms with E-state index in [4.69, 9.17) is 14.2 Å². The van der Waals surface area contributed by atoms with Crippen LogP contribution in [0.2, 0.25) is 0 Å². The highest BCUT2D eigenvalue weighted by atomic mass is 32.2. The van der Waals surface area contributed by atoms with Crippen molar-refractivity contribution < 1.29 is 19.0 Å². The Labute approximate surface area is 181 Å². The lowest BCUT2D eigenvalue weighted by Crippen LogP contribution is -2.28. The summed E-state index contributed by atoms with van der Waals surface area (Å²) < 4.78 is 16.5. The third-order valence-corrected chi connectivity index (χ3v) is 5.37. The molecule has 7 heteroatoms. The average molecular weight is 427 g/mol. The number of amidine groups is 1. The molecule has 6 nitrogen and oxygen atoms in total. The first-order chi connectivity index (χ1) is 14.6. The summed E-state index contributed by atoms with van der Waals surface area (Å²) in [5.74, 6) is 2.08. The van der Waals surface area contributed by atoms with Crippen LogP contribution >= 0.6 is 11.8 Å². The van der Waals surface area contributed by atoms with Crippen molar-refractivity contribution in [2.45, 2.75) is 20.8 Å². The first-order valence-corrected chi connectivity index (χ1v) is 10.7. The molecule has 30 heavy (non-hydrogen) atoms. The molecule has 158 valence electrons. The lowest BCUT2D eigenvalue weighted by Gasteiger charge is -2.12. The Bertz CT molecular complexity index is 954. The number of rotatable bonds is 8. The number of hydrogen-bond donors (Lipinski definition) is 0. The predicted molar refractivity (Wildman–Crippen MR) is 122 cm³/mol. The number of thioether (sulfide) groups is 1. The van der Waals surface area contributed by atoms with E-state index in [1.165, 1.54) is 11.8 Å². The number of methoxy groups -OCH3 is 1. The molecule has 1 heterocycles. The quantitative estimate of drug-likeness (QED) is 0.549. The zero-order chi connectivity index (χ0) is 21.5. The van der Waals surface area contributed by atoms with Crippen LogP contribution in [0, 0.1) is 0 Å². The van der Waals surface area contributed by atoms with Crippen molar-refractivity contribution in [3.63, 3.8) is 0 Å². The molecule has 0 aliphatic carbocycles. The fourth-order valence-corrected chi connectivity index (χ4v) is 4.01. The van der Waals surface area contributed by atoms with E-state index in [2.05, 4.69) is 4.99 Å². The average Bonchev–Trinajstić information content (AvgIpc) is 3.04. The highest BCUT2D eigenvalue weighted by Crippen LogP contribution is 2.36. The minimum absolute atomic E-state index is 0.0541. The van der Waals surface area contributed by atoms with Crippen molar-refractivity contribution >= 4 is 34.6 Å². The summed E-state index contributed by atoms with van der Waals surface area (Å²) in [5.41, 5.74) is 1.64. The molecule has 1 amide bonds. The third kappa shape index (κ3) is 4.97. The summed E-state index contributed by atoms with van der Waals surface area (Å²) >= 11 is 1.37. The van der Waals surface area contributed by atoms with Gasteiger partial charge in [0.1, 0.15) is 5.75 Å². The van der Waals surface area contributed by atoms with E-state index in [9.17, 15) is 4.79 Å². The van der Waals surface area contributed by atoms with Crippen molar-refractivity contribution in [3.8, 4) is 17.2 Å². The first-order valence-electron chi connectivity index (χ1n) is 9.93. The van der Waals surface area contributed by atoms with Crippen LogP contribution in [0.5, 0.6) is 17.2 Å². The minimum Gasteiger partial charge on any atom is -0.497 e. The van der Waals surface area contributed by atoms with Gasteiger partial charge in [-0.15, -0.1) is 0 Å². The van der Waals surface area contributed by atoms with E-state index >= 15 is 0 Å². The van der Waals surface area contributed by atoms with Crippen molar-refractivity contribution in [2.24, 2.45) is 4.99 Å². The summed E-state index contributed by atoms with van der Waals surface area (Å²) in [4.78, 5) is 19.9. The maximum absolute atomic E-state index is 12.9. The minimum atomic E-state index is -0.0541.